The average Bonchev–Trinajstić information content (AvgIpc) is 2.69. The maximum absolute atomic E-state index is 11.7. The quantitative estimate of drug-likeness (QED) is 0.246. The minimum Gasteiger partial charge on any atom is -0.466 e. The van der Waals surface area contributed by atoms with Gasteiger partial charge in [0.15, 0.2) is 0 Å². The first-order valence-corrected chi connectivity index (χ1v) is 11.0. The zero-order valence-corrected chi connectivity index (χ0v) is 17.8. The number of hydrogen-bond acceptors (Lipinski definition) is 4. The minimum absolute atomic E-state index is 0.0721. The third-order valence-electron chi connectivity index (χ3n) is 4.78. The lowest BCUT2D eigenvalue weighted by atomic mass is 10.1. The van der Waals surface area contributed by atoms with Crippen molar-refractivity contribution in [1.29, 1.82) is 0 Å². The van der Waals surface area contributed by atoms with E-state index in [0.29, 0.717) is 6.61 Å². The highest BCUT2D eigenvalue weighted by Gasteiger charge is 2.09. The van der Waals surface area contributed by atoms with Crippen LogP contribution in [-0.2, 0) is 25.7 Å². The van der Waals surface area contributed by atoms with Crippen molar-refractivity contribution >= 4 is 11.9 Å². The Morgan fingerprint density at radius 3 is 1.96 bits per heavy atom. The van der Waals surface area contributed by atoms with Crippen molar-refractivity contribution in [3.63, 3.8) is 0 Å². The molecule has 0 heterocycles. The molecule has 0 unspecified atom stereocenters. The molecule has 0 N–H and O–H groups in total. The molecule has 0 aliphatic heterocycles. The number of unbranched alkanes of at least 4 members (excludes halogenated alkanes) is 9. The smallest absolute Gasteiger partial charge is 0.306 e. The standard InChI is InChI=1S/C24H38O4/c1-3-4-5-6-7-8-9-10-11-12-18-27-23(25)16-17-24(26)28-20-22-15-13-14-21(2)19-22/h13-15,19H,3-12,16-18,20H2,1-2H3. The van der Waals surface area contributed by atoms with Crippen LogP contribution in [-0.4, -0.2) is 18.5 Å². The van der Waals surface area contributed by atoms with Gasteiger partial charge in [0.1, 0.15) is 6.61 Å². The van der Waals surface area contributed by atoms with Gasteiger partial charge in [-0.3, -0.25) is 9.59 Å². The molecule has 0 saturated heterocycles. The molecule has 1 aromatic rings. The van der Waals surface area contributed by atoms with Gasteiger partial charge >= 0.3 is 11.9 Å². The third kappa shape index (κ3) is 13.3. The number of carbonyl (C=O) groups excluding carboxylic acids is 2. The van der Waals surface area contributed by atoms with Gasteiger partial charge in [0.2, 0.25) is 0 Å². The fourth-order valence-corrected chi connectivity index (χ4v) is 3.09. The zero-order valence-electron chi connectivity index (χ0n) is 17.8. The molecule has 0 fully saturated rings. The maximum atomic E-state index is 11.7. The Labute approximate surface area is 171 Å². The van der Waals surface area contributed by atoms with Crippen molar-refractivity contribution < 1.29 is 19.1 Å². The fourth-order valence-electron chi connectivity index (χ4n) is 3.09. The number of aryl methyl sites for hydroxylation is 1. The summed E-state index contributed by atoms with van der Waals surface area (Å²) in [6, 6.07) is 7.83. The van der Waals surface area contributed by atoms with Gasteiger partial charge in [-0.15, -0.1) is 0 Å². The Bertz CT molecular complexity index is 553. The monoisotopic (exact) mass is 390 g/mol. The summed E-state index contributed by atoms with van der Waals surface area (Å²) in [5.41, 5.74) is 2.08. The molecule has 0 bridgehead atoms. The van der Waals surface area contributed by atoms with Crippen LogP contribution in [0, 0.1) is 6.92 Å². The van der Waals surface area contributed by atoms with Gasteiger partial charge in [0.05, 0.1) is 19.4 Å². The molecule has 0 saturated carbocycles. The third-order valence-corrected chi connectivity index (χ3v) is 4.78. The van der Waals surface area contributed by atoms with Crippen molar-refractivity contribution in [3.8, 4) is 0 Å². The van der Waals surface area contributed by atoms with E-state index < -0.39 is 0 Å². The van der Waals surface area contributed by atoms with Crippen LogP contribution in [0.4, 0.5) is 0 Å². The summed E-state index contributed by atoms with van der Waals surface area (Å²) in [6.07, 6.45) is 12.7. The molecule has 1 aromatic carbocycles. The maximum Gasteiger partial charge on any atom is 0.306 e. The van der Waals surface area contributed by atoms with E-state index in [1.165, 1.54) is 51.4 Å². The molecule has 0 aliphatic rings. The van der Waals surface area contributed by atoms with E-state index in [2.05, 4.69) is 6.92 Å². The van der Waals surface area contributed by atoms with Crippen molar-refractivity contribution in [2.45, 2.75) is 97.5 Å². The predicted molar refractivity (Wildman–Crippen MR) is 113 cm³/mol. The van der Waals surface area contributed by atoms with Gasteiger partial charge in [-0.25, -0.2) is 0 Å². The first-order valence-electron chi connectivity index (χ1n) is 11.0. The molecule has 1 rings (SSSR count). The topological polar surface area (TPSA) is 52.6 Å². The molecule has 0 aromatic heterocycles. The first kappa shape index (κ1) is 24.2. The number of benzene rings is 1. The van der Waals surface area contributed by atoms with Crippen LogP contribution in [0.5, 0.6) is 0 Å². The van der Waals surface area contributed by atoms with E-state index in [0.717, 1.165) is 24.0 Å². The van der Waals surface area contributed by atoms with E-state index in [1.54, 1.807) is 0 Å². The highest BCUT2D eigenvalue weighted by molar-refractivity contribution is 5.77. The second-order valence-corrected chi connectivity index (χ2v) is 7.55. The van der Waals surface area contributed by atoms with Crippen LogP contribution >= 0.6 is 0 Å². The summed E-state index contributed by atoms with van der Waals surface area (Å²) in [7, 11) is 0. The summed E-state index contributed by atoms with van der Waals surface area (Å²) in [6.45, 7) is 4.93. The molecule has 0 aliphatic carbocycles. The van der Waals surface area contributed by atoms with Gasteiger partial charge in [0.25, 0.3) is 0 Å². The van der Waals surface area contributed by atoms with E-state index in [4.69, 9.17) is 9.47 Å². The van der Waals surface area contributed by atoms with Crippen LogP contribution in [0.1, 0.15) is 95.1 Å². The summed E-state index contributed by atoms with van der Waals surface area (Å²) < 4.78 is 10.4. The van der Waals surface area contributed by atoms with Gasteiger partial charge in [-0.1, -0.05) is 94.5 Å². The van der Waals surface area contributed by atoms with Crippen LogP contribution in [0.15, 0.2) is 24.3 Å². The number of carbonyl (C=O) groups is 2. The zero-order chi connectivity index (χ0) is 20.5. The van der Waals surface area contributed by atoms with Crippen LogP contribution in [0.3, 0.4) is 0 Å². The van der Waals surface area contributed by atoms with Gasteiger partial charge in [-0.2, -0.15) is 0 Å². The Balaban J connectivity index is 1.92. The Hall–Kier alpha value is -1.84. The second-order valence-electron chi connectivity index (χ2n) is 7.55. The number of esters is 2. The Morgan fingerprint density at radius 1 is 0.786 bits per heavy atom. The summed E-state index contributed by atoms with van der Waals surface area (Å²) >= 11 is 0. The van der Waals surface area contributed by atoms with E-state index >= 15 is 0 Å². The Kier molecular flexibility index (Phi) is 14.0. The number of ether oxygens (including phenoxy) is 2. The molecule has 4 nitrogen and oxygen atoms in total. The fraction of sp³-hybridized carbons (Fsp3) is 0.667. The molecule has 0 amide bonds. The molecule has 158 valence electrons. The summed E-state index contributed by atoms with van der Waals surface area (Å²) in [5, 5.41) is 0. The molecule has 0 spiro atoms. The van der Waals surface area contributed by atoms with Crippen molar-refractivity contribution in [2.24, 2.45) is 0 Å². The molecule has 28 heavy (non-hydrogen) atoms. The molecular formula is C24H38O4. The summed E-state index contributed by atoms with van der Waals surface area (Å²) in [4.78, 5) is 23.4. The van der Waals surface area contributed by atoms with E-state index in [9.17, 15) is 9.59 Å². The lowest BCUT2D eigenvalue weighted by Gasteiger charge is -2.07. The number of rotatable bonds is 16. The van der Waals surface area contributed by atoms with Crippen molar-refractivity contribution in [2.75, 3.05) is 6.61 Å². The van der Waals surface area contributed by atoms with Crippen molar-refractivity contribution in [1.82, 2.24) is 0 Å². The van der Waals surface area contributed by atoms with Gasteiger partial charge in [-0.05, 0) is 18.9 Å². The highest BCUT2D eigenvalue weighted by Crippen LogP contribution is 2.11. The second kappa shape index (κ2) is 16.1. The van der Waals surface area contributed by atoms with Gasteiger partial charge in [0, 0.05) is 0 Å². The number of hydrogen-bond donors (Lipinski definition) is 0. The normalized spacial score (nSPS) is 10.6. The molecule has 4 heteroatoms. The molecule has 0 atom stereocenters. The first-order chi connectivity index (χ1) is 13.6. The highest BCUT2D eigenvalue weighted by atomic mass is 16.5. The largest absolute Gasteiger partial charge is 0.466 e. The molecular weight excluding hydrogens is 352 g/mol. The van der Waals surface area contributed by atoms with E-state index in [1.807, 2.05) is 31.2 Å². The van der Waals surface area contributed by atoms with Crippen LogP contribution < -0.4 is 0 Å². The minimum atomic E-state index is -0.364. The SMILES string of the molecule is CCCCCCCCCCCCOC(=O)CCC(=O)OCc1cccc(C)c1. The van der Waals surface area contributed by atoms with Gasteiger partial charge < -0.3 is 9.47 Å². The lowest BCUT2D eigenvalue weighted by Crippen LogP contribution is -2.11. The molecule has 0 radical (unpaired) electrons. The lowest BCUT2D eigenvalue weighted by molar-refractivity contribution is -0.151. The predicted octanol–water partition coefficient (Wildman–Crippen LogP) is 6.28. The van der Waals surface area contributed by atoms with Crippen molar-refractivity contribution in [3.05, 3.63) is 35.4 Å². The Morgan fingerprint density at radius 2 is 1.36 bits per heavy atom. The van der Waals surface area contributed by atoms with E-state index in [-0.39, 0.29) is 31.4 Å². The van der Waals surface area contributed by atoms with Crippen LogP contribution in [0.25, 0.3) is 0 Å². The average molecular weight is 391 g/mol. The summed E-state index contributed by atoms with van der Waals surface area (Å²) in [5.74, 6) is -0.680. The van der Waals surface area contributed by atoms with Crippen LogP contribution in [0.2, 0.25) is 0 Å².